The van der Waals surface area contributed by atoms with Gasteiger partial charge in [-0.2, -0.15) is 0 Å². The molecule has 10 nitrogen and oxygen atoms in total. The lowest BCUT2D eigenvalue weighted by molar-refractivity contribution is -0.712. The average Bonchev–Trinajstić information content (AvgIpc) is 3.25. The zero-order valence-corrected chi connectivity index (χ0v) is 18.9. The van der Waals surface area contributed by atoms with Gasteiger partial charge in [-0.05, 0) is 41.5 Å². The third-order valence-corrected chi connectivity index (χ3v) is 5.25. The summed E-state index contributed by atoms with van der Waals surface area (Å²) in [6.07, 6.45) is 3.08. The van der Waals surface area contributed by atoms with E-state index in [1.807, 2.05) is 0 Å². The molecule has 3 heterocycles. The van der Waals surface area contributed by atoms with Crippen LogP contribution in [0.2, 0.25) is 0 Å². The average molecular weight is 504 g/mol. The topological polar surface area (TPSA) is 148 Å². The highest BCUT2D eigenvalue weighted by Crippen LogP contribution is 2.30. The van der Waals surface area contributed by atoms with Crippen LogP contribution in [0, 0.1) is 11.6 Å². The molecular weight excluding hydrogens is 485 g/mol. The number of phosphoric acid groups is 1. The molecule has 4 aromatic rings. The summed E-state index contributed by atoms with van der Waals surface area (Å²) in [5, 5.41) is 3.96. The van der Waals surface area contributed by atoms with Crippen LogP contribution in [0.4, 0.5) is 14.6 Å². The number of pyridine rings is 2. The summed E-state index contributed by atoms with van der Waals surface area (Å²) in [5.74, 6) is -0.926. The molecule has 0 aliphatic carbocycles. The quantitative estimate of drug-likeness (QED) is 0.259. The first kappa shape index (κ1) is 24.4. The zero-order valence-electron chi connectivity index (χ0n) is 18.0. The maximum Gasteiger partial charge on any atom is 0.285 e. The predicted octanol–water partition coefficient (Wildman–Crippen LogP) is 2.49. The molecule has 0 aliphatic rings. The minimum atomic E-state index is -4.93. The number of aromatic nitrogens is 3. The molecule has 1 aromatic carbocycles. The van der Waals surface area contributed by atoms with Crippen molar-refractivity contribution in [3.05, 3.63) is 89.4 Å². The summed E-state index contributed by atoms with van der Waals surface area (Å²) in [6.45, 7) is -0.571. The number of anilines is 1. The van der Waals surface area contributed by atoms with Gasteiger partial charge in [0.1, 0.15) is 18.0 Å². The highest BCUT2D eigenvalue weighted by Gasteiger charge is 2.18. The highest BCUT2D eigenvalue weighted by atomic mass is 31.2. The number of benzene rings is 1. The van der Waals surface area contributed by atoms with Crippen LogP contribution >= 0.6 is 7.82 Å². The van der Waals surface area contributed by atoms with E-state index in [0.29, 0.717) is 22.4 Å². The summed E-state index contributed by atoms with van der Waals surface area (Å²) in [6, 6.07) is 11.8. The van der Waals surface area contributed by atoms with Crippen LogP contribution in [-0.4, -0.2) is 15.0 Å². The molecular formula is C22H19F2N4O6P. The zero-order chi connectivity index (χ0) is 25.0. The van der Waals surface area contributed by atoms with Crippen LogP contribution in [0.25, 0.3) is 11.3 Å². The van der Waals surface area contributed by atoms with Crippen molar-refractivity contribution in [2.45, 2.75) is 19.8 Å². The van der Waals surface area contributed by atoms with Gasteiger partial charge in [-0.1, -0.05) is 17.3 Å². The van der Waals surface area contributed by atoms with Gasteiger partial charge in [0.15, 0.2) is 18.3 Å². The Morgan fingerprint density at radius 3 is 2.74 bits per heavy atom. The summed E-state index contributed by atoms with van der Waals surface area (Å²) < 4.78 is 54.8. The van der Waals surface area contributed by atoms with Crippen molar-refractivity contribution in [3.63, 3.8) is 0 Å². The monoisotopic (exact) mass is 504 g/mol. The van der Waals surface area contributed by atoms with Gasteiger partial charge in [0.25, 0.3) is 19.5 Å². The molecule has 0 saturated heterocycles. The molecule has 4 rings (SSSR count). The summed E-state index contributed by atoms with van der Waals surface area (Å²) >= 11 is 0. The van der Waals surface area contributed by atoms with Crippen molar-refractivity contribution < 1.29 is 41.5 Å². The molecule has 0 bridgehead atoms. The Morgan fingerprint density at radius 2 is 2.00 bits per heavy atom. The van der Waals surface area contributed by atoms with Crippen molar-refractivity contribution in [3.8, 4) is 17.2 Å². The van der Waals surface area contributed by atoms with Gasteiger partial charge >= 0.3 is 0 Å². The first-order chi connectivity index (χ1) is 16.7. The van der Waals surface area contributed by atoms with Gasteiger partial charge in [0.2, 0.25) is 0 Å². The standard InChI is InChI=1S/C22H19F2N4O6P/c23-16-4-1-3-14(7-16)12-32-22-19(24)9-15(11-26-22)8-17-10-20(34-27-17)18-5-2-6-28(21(18)25)13-33-35(29,30)31/h1-7,9-11,25H,8,12-13H2,(H2,29,30,31). The number of hydrogen-bond acceptors (Lipinski definition) is 8. The van der Waals surface area contributed by atoms with E-state index >= 15 is 0 Å². The van der Waals surface area contributed by atoms with Crippen LogP contribution < -0.4 is 19.9 Å². The van der Waals surface area contributed by atoms with Crippen LogP contribution in [0.3, 0.4) is 0 Å². The summed E-state index contributed by atoms with van der Waals surface area (Å²) in [7, 11) is -4.93. The van der Waals surface area contributed by atoms with Gasteiger partial charge < -0.3 is 19.0 Å². The number of hydrogen-bond donors (Lipinski definition) is 2. The molecule has 35 heavy (non-hydrogen) atoms. The molecule has 0 fully saturated rings. The van der Waals surface area contributed by atoms with E-state index in [1.54, 1.807) is 24.3 Å². The number of phosphoric ester groups is 1. The second-order valence-corrected chi connectivity index (χ2v) is 8.61. The number of nitrogens with zero attached hydrogens (tertiary/aromatic N) is 3. The fraction of sp³-hybridized carbons (Fsp3) is 0.136. The Morgan fingerprint density at radius 1 is 1.17 bits per heavy atom. The third kappa shape index (κ3) is 6.46. The number of nitrogen functional groups attached to an aromatic ring is 1. The van der Waals surface area contributed by atoms with Crippen molar-refractivity contribution in [2.75, 3.05) is 5.73 Å². The van der Waals surface area contributed by atoms with Gasteiger partial charge in [0.05, 0.1) is 11.9 Å². The van der Waals surface area contributed by atoms with Gasteiger partial charge in [-0.15, -0.1) is 0 Å². The van der Waals surface area contributed by atoms with Crippen molar-refractivity contribution >= 4 is 13.6 Å². The summed E-state index contributed by atoms with van der Waals surface area (Å²) in [5.41, 5.74) is 7.95. The largest absolute Gasteiger partial charge is 0.756 e. The minimum Gasteiger partial charge on any atom is -0.756 e. The minimum absolute atomic E-state index is 0.0398. The van der Waals surface area contributed by atoms with Crippen molar-refractivity contribution in [1.82, 2.24) is 10.1 Å². The molecule has 0 spiro atoms. The van der Waals surface area contributed by atoms with Crippen molar-refractivity contribution in [1.29, 1.82) is 0 Å². The van der Waals surface area contributed by atoms with Gasteiger partial charge in [-0.3, -0.25) is 14.8 Å². The normalized spacial score (nSPS) is 12.9. The lowest BCUT2D eigenvalue weighted by Gasteiger charge is -2.14. The van der Waals surface area contributed by atoms with Crippen LogP contribution in [0.5, 0.6) is 5.88 Å². The van der Waals surface area contributed by atoms with E-state index < -0.39 is 26.2 Å². The Labute approximate surface area is 197 Å². The molecule has 0 saturated carbocycles. The van der Waals surface area contributed by atoms with E-state index in [2.05, 4.69) is 14.7 Å². The lowest BCUT2D eigenvalue weighted by atomic mass is 10.1. The summed E-state index contributed by atoms with van der Waals surface area (Å²) in [4.78, 5) is 23.6. The molecule has 1 unspecified atom stereocenters. The third-order valence-electron chi connectivity index (χ3n) is 4.81. The predicted molar refractivity (Wildman–Crippen MR) is 115 cm³/mol. The lowest BCUT2D eigenvalue weighted by Crippen LogP contribution is -2.38. The van der Waals surface area contributed by atoms with E-state index in [-0.39, 0.29) is 30.5 Å². The second-order valence-electron chi connectivity index (χ2n) is 7.41. The molecule has 0 radical (unpaired) electrons. The first-order valence-electron chi connectivity index (χ1n) is 10.1. The fourth-order valence-electron chi connectivity index (χ4n) is 3.20. The van der Waals surface area contributed by atoms with E-state index in [1.165, 1.54) is 41.2 Å². The molecule has 182 valence electrons. The Hall–Kier alpha value is -3.70. The maximum absolute atomic E-state index is 14.5. The van der Waals surface area contributed by atoms with Gasteiger partial charge in [-0.25, -0.2) is 18.3 Å². The fourth-order valence-corrected chi connectivity index (χ4v) is 3.47. The molecule has 1 atom stereocenters. The number of ether oxygens (including phenoxy) is 1. The van der Waals surface area contributed by atoms with E-state index in [9.17, 15) is 18.2 Å². The molecule has 3 N–H and O–H groups in total. The van der Waals surface area contributed by atoms with E-state index in [0.717, 1.165) is 0 Å². The number of halogens is 2. The first-order valence-corrected chi connectivity index (χ1v) is 11.6. The smallest absolute Gasteiger partial charge is 0.285 e. The maximum atomic E-state index is 14.5. The molecule has 0 aliphatic heterocycles. The second kappa shape index (κ2) is 10.3. The Bertz CT molecular complexity index is 1390. The van der Waals surface area contributed by atoms with Crippen LogP contribution in [0.1, 0.15) is 16.8 Å². The van der Waals surface area contributed by atoms with Crippen LogP contribution in [-0.2, 0) is 28.8 Å². The molecule has 13 heteroatoms. The van der Waals surface area contributed by atoms with Crippen molar-refractivity contribution in [2.24, 2.45) is 0 Å². The highest BCUT2D eigenvalue weighted by molar-refractivity contribution is 7.44. The van der Waals surface area contributed by atoms with Gasteiger partial charge in [0, 0.05) is 18.7 Å². The molecule has 3 aromatic heterocycles. The SMILES string of the molecule is Nc1c(-c2cc(Cc3cnc(OCc4cccc(F)c4)c(F)c3)no2)ccc[n+]1COP(=O)([O-])O. The Kier molecular flexibility index (Phi) is 7.17. The Balaban J connectivity index is 1.43. The number of rotatable bonds is 9. The number of nitrogens with two attached hydrogens (primary N) is 1. The van der Waals surface area contributed by atoms with E-state index in [4.69, 9.17) is 19.9 Å². The molecule has 0 amide bonds. The van der Waals surface area contributed by atoms with Crippen LogP contribution in [0.15, 0.2) is 65.4 Å².